The molecule has 2 aliphatic carbocycles. The Morgan fingerprint density at radius 2 is 0.920 bits per heavy atom. The van der Waals surface area contributed by atoms with Crippen molar-refractivity contribution < 1.29 is 25.8 Å². The molecule has 0 saturated carbocycles. The normalized spacial score (nSPS) is 13.3. The molecule has 0 spiro atoms. The first-order valence-corrected chi connectivity index (χ1v) is 7.59. The molecule has 0 radical (unpaired) electrons. The average Bonchev–Trinajstić information content (AvgIpc) is 3.31. The van der Waals surface area contributed by atoms with Gasteiger partial charge in [-0.2, -0.15) is 35.5 Å². The van der Waals surface area contributed by atoms with E-state index in [0.717, 1.165) is 12.8 Å². The van der Waals surface area contributed by atoms with Gasteiger partial charge < -0.3 is 0 Å². The summed E-state index contributed by atoms with van der Waals surface area (Å²) < 4.78 is 0. The molecule has 0 heterocycles. The van der Waals surface area contributed by atoms with Gasteiger partial charge in [0.15, 0.2) is 0 Å². The molecule has 0 fully saturated rings. The van der Waals surface area contributed by atoms with E-state index in [2.05, 4.69) is 85.0 Å². The van der Waals surface area contributed by atoms with Crippen molar-refractivity contribution in [1.29, 1.82) is 0 Å². The van der Waals surface area contributed by atoms with E-state index in [4.69, 9.17) is 0 Å². The Kier molecular flexibility index (Phi) is 12.5. The van der Waals surface area contributed by atoms with E-state index in [-0.39, 0.29) is 50.7 Å². The Hall–Kier alpha value is -1.15. The molecule has 0 unspecified atom stereocenters. The number of halogens is 2. The summed E-state index contributed by atoms with van der Waals surface area (Å²) >= 11 is 0. The van der Waals surface area contributed by atoms with Gasteiger partial charge in [0.2, 0.25) is 0 Å². The van der Waals surface area contributed by atoms with Crippen LogP contribution in [-0.2, 0) is 25.8 Å². The Morgan fingerprint density at radius 3 is 1.20 bits per heavy atom. The van der Waals surface area contributed by atoms with Crippen molar-refractivity contribution in [2.45, 2.75) is 12.8 Å². The second-order valence-electron chi connectivity index (χ2n) is 5.13. The molecule has 0 aliphatic heterocycles. The van der Waals surface area contributed by atoms with Crippen molar-refractivity contribution in [3.63, 3.8) is 0 Å². The summed E-state index contributed by atoms with van der Waals surface area (Å²) in [6, 6.07) is 20.7. The molecule has 25 heavy (non-hydrogen) atoms. The first-order chi connectivity index (χ1) is 10.9. The van der Waals surface area contributed by atoms with Gasteiger partial charge in [-0.15, -0.1) is 72.4 Å². The number of rotatable bonds is 2. The van der Waals surface area contributed by atoms with Gasteiger partial charge in [0, 0.05) is 25.8 Å². The molecule has 0 N–H and O–H groups in total. The minimum absolute atomic E-state index is 0. The fourth-order valence-electron chi connectivity index (χ4n) is 2.44. The smallest absolute Gasteiger partial charge is 0 e. The maximum atomic E-state index is 3.28. The molecular formula is C22H20Cl2Hf-2. The number of hydrogen-bond donors (Lipinski definition) is 0. The van der Waals surface area contributed by atoms with Crippen LogP contribution in [0.3, 0.4) is 0 Å². The molecule has 0 aromatic heterocycles. The molecule has 0 nitrogen and oxygen atoms in total. The van der Waals surface area contributed by atoms with Crippen LogP contribution < -0.4 is 0 Å². The molecule has 2 aliphatic rings. The Balaban J connectivity index is 0.000000411. The second-order valence-corrected chi connectivity index (χ2v) is 5.13. The molecule has 4 rings (SSSR count). The van der Waals surface area contributed by atoms with Gasteiger partial charge in [-0.05, 0) is 0 Å². The second kappa shape index (κ2) is 13.1. The van der Waals surface area contributed by atoms with Crippen LogP contribution in [0.1, 0.15) is 24.0 Å². The summed E-state index contributed by atoms with van der Waals surface area (Å²) in [6.07, 6.45) is 17.0. The standard InChI is InChI=1S/2C11H9.2ClH.Hf/c2*1-2-6-10(7-3-1)11-8-4-5-9-11;;;/h2*1-4,6-8H,5H2;2*1H;/q2*-1;;;. The van der Waals surface area contributed by atoms with Gasteiger partial charge in [0.05, 0.1) is 0 Å². The van der Waals surface area contributed by atoms with Gasteiger partial charge in [-0.1, -0.05) is 49.2 Å². The van der Waals surface area contributed by atoms with Gasteiger partial charge in [-0.3, -0.25) is 0 Å². The SMILES string of the molecule is Cl.Cl.[C-]1=C(c2ccccc2)C=CC1.[C-]1=C(c2ccccc2)C=CC1.[Hf]. The molecule has 128 valence electrons. The van der Waals surface area contributed by atoms with E-state index in [1.165, 1.54) is 22.3 Å². The third-order valence-electron chi connectivity index (χ3n) is 3.56. The van der Waals surface area contributed by atoms with E-state index >= 15 is 0 Å². The van der Waals surface area contributed by atoms with Crippen molar-refractivity contribution in [1.82, 2.24) is 0 Å². The van der Waals surface area contributed by atoms with Crippen molar-refractivity contribution in [2.24, 2.45) is 0 Å². The van der Waals surface area contributed by atoms with Crippen LogP contribution in [0.4, 0.5) is 0 Å². The van der Waals surface area contributed by atoms with E-state index < -0.39 is 0 Å². The predicted molar refractivity (Wildman–Crippen MR) is 108 cm³/mol. The Morgan fingerprint density at radius 1 is 0.560 bits per heavy atom. The third kappa shape index (κ3) is 7.32. The van der Waals surface area contributed by atoms with E-state index in [1.54, 1.807) is 0 Å². The van der Waals surface area contributed by atoms with Crippen LogP contribution in [0.5, 0.6) is 0 Å². The van der Waals surface area contributed by atoms with Crippen LogP contribution in [0, 0.1) is 12.2 Å². The molecule has 0 amide bonds. The minimum atomic E-state index is 0. The van der Waals surface area contributed by atoms with Gasteiger partial charge >= 0.3 is 0 Å². The molecular weight excluding hydrogens is 514 g/mol. The fourth-order valence-corrected chi connectivity index (χ4v) is 2.44. The topological polar surface area (TPSA) is 0 Å². The summed E-state index contributed by atoms with van der Waals surface area (Å²) in [5, 5.41) is 0. The van der Waals surface area contributed by atoms with Crippen molar-refractivity contribution in [3.05, 3.63) is 108 Å². The summed E-state index contributed by atoms with van der Waals surface area (Å²) in [5.41, 5.74) is 4.98. The van der Waals surface area contributed by atoms with Crippen LogP contribution in [0.2, 0.25) is 0 Å². The fraction of sp³-hybridized carbons (Fsp3) is 0.0909. The van der Waals surface area contributed by atoms with Crippen molar-refractivity contribution >= 4 is 36.0 Å². The summed E-state index contributed by atoms with van der Waals surface area (Å²) in [6.45, 7) is 0. The van der Waals surface area contributed by atoms with Crippen molar-refractivity contribution in [3.8, 4) is 0 Å². The van der Waals surface area contributed by atoms with E-state index in [9.17, 15) is 0 Å². The zero-order valence-corrected chi connectivity index (χ0v) is 19.0. The predicted octanol–water partition coefficient (Wildman–Crippen LogP) is 6.51. The first kappa shape index (κ1) is 23.9. The van der Waals surface area contributed by atoms with Crippen LogP contribution >= 0.6 is 24.8 Å². The van der Waals surface area contributed by atoms with Crippen LogP contribution in [-0.4, -0.2) is 0 Å². The number of benzene rings is 2. The monoisotopic (exact) mass is 534 g/mol. The van der Waals surface area contributed by atoms with Crippen LogP contribution in [0.25, 0.3) is 11.1 Å². The third-order valence-corrected chi connectivity index (χ3v) is 3.56. The van der Waals surface area contributed by atoms with Crippen molar-refractivity contribution in [2.75, 3.05) is 0 Å². The van der Waals surface area contributed by atoms with Crippen LogP contribution in [0.15, 0.2) is 85.0 Å². The quantitative estimate of drug-likeness (QED) is 0.305. The molecule has 0 saturated heterocycles. The first-order valence-electron chi connectivity index (χ1n) is 7.59. The Bertz CT molecular complexity index is 664. The minimum Gasteiger partial charge on any atom is -0.197 e. The maximum Gasteiger partial charge on any atom is 0 e. The van der Waals surface area contributed by atoms with E-state index in [0.29, 0.717) is 0 Å². The Labute approximate surface area is 182 Å². The molecule has 0 atom stereocenters. The average molecular weight is 534 g/mol. The number of hydrogen-bond acceptors (Lipinski definition) is 0. The zero-order valence-electron chi connectivity index (χ0n) is 13.8. The molecule has 3 heteroatoms. The van der Waals surface area contributed by atoms with Gasteiger partial charge in [0.25, 0.3) is 0 Å². The van der Waals surface area contributed by atoms with E-state index in [1.807, 2.05) is 12.1 Å². The molecule has 2 aromatic carbocycles. The molecule has 0 bridgehead atoms. The summed E-state index contributed by atoms with van der Waals surface area (Å²) in [7, 11) is 0. The number of allylic oxidation sites excluding steroid dienone is 8. The summed E-state index contributed by atoms with van der Waals surface area (Å²) in [5.74, 6) is 0. The summed E-state index contributed by atoms with van der Waals surface area (Å²) in [4.78, 5) is 0. The zero-order chi connectivity index (χ0) is 15.0. The molecule has 2 aromatic rings. The van der Waals surface area contributed by atoms with Gasteiger partial charge in [0.1, 0.15) is 0 Å². The van der Waals surface area contributed by atoms with Gasteiger partial charge in [-0.25, -0.2) is 0 Å². The largest absolute Gasteiger partial charge is 0.197 e. The maximum absolute atomic E-state index is 3.28.